The van der Waals surface area contributed by atoms with Crippen LogP contribution in [0.4, 0.5) is 5.69 Å². The van der Waals surface area contributed by atoms with Gasteiger partial charge in [-0.05, 0) is 52.9 Å². The number of rotatable bonds is 2. The number of anilines is 1. The van der Waals surface area contributed by atoms with Gasteiger partial charge in [-0.2, -0.15) is 0 Å². The van der Waals surface area contributed by atoms with Crippen molar-refractivity contribution in [2.75, 3.05) is 5.32 Å². The Morgan fingerprint density at radius 2 is 1.85 bits per heavy atom. The molecule has 0 bridgehead atoms. The van der Waals surface area contributed by atoms with E-state index in [1.165, 1.54) is 0 Å². The van der Waals surface area contributed by atoms with Crippen molar-refractivity contribution in [1.29, 1.82) is 0 Å². The van der Waals surface area contributed by atoms with E-state index in [2.05, 4.69) is 32.9 Å². The van der Waals surface area contributed by atoms with Gasteiger partial charge in [0.2, 0.25) is 0 Å². The number of para-hydroxylation sites is 1. The quantitative estimate of drug-likeness (QED) is 0.687. The number of carbonyl (C=O) groups excluding carboxylic acids is 1. The maximum atomic E-state index is 12.4. The van der Waals surface area contributed by atoms with Crippen molar-refractivity contribution in [3.63, 3.8) is 0 Å². The number of carbonyl (C=O) groups is 1. The zero-order valence-electron chi connectivity index (χ0n) is 10.5. The zero-order valence-corrected chi connectivity index (χ0v) is 12.7. The van der Waals surface area contributed by atoms with E-state index in [4.69, 9.17) is 0 Å². The van der Waals surface area contributed by atoms with Gasteiger partial charge in [-0.1, -0.05) is 24.3 Å². The molecule has 4 heteroatoms. The fourth-order valence-electron chi connectivity index (χ4n) is 2.05. The van der Waals surface area contributed by atoms with Crippen molar-refractivity contribution in [3.8, 4) is 0 Å². The molecule has 0 unspecified atom stereocenters. The molecule has 0 aliphatic rings. The van der Waals surface area contributed by atoms with Crippen LogP contribution in [0.2, 0.25) is 0 Å². The van der Waals surface area contributed by atoms with Gasteiger partial charge < -0.3 is 5.32 Å². The lowest BCUT2D eigenvalue weighted by atomic mass is 10.1. The Hall–Kier alpha value is -1.95. The number of pyridine rings is 1. The molecule has 1 heterocycles. The number of amides is 1. The highest BCUT2D eigenvalue weighted by Gasteiger charge is 2.11. The smallest absolute Gasteiger partial charge is 0.256 e. The third-order valence-electron chi connectivity index (χ3n) is 3.01. The minimum Gasteiger partial charge on any atom is -0.321 e. The van der Waals surface area contributed by atoms with Crippen molar-refractivity contribution in [2.24, 2.45) is 0 Å². The third-order valence-corrected chi connectivity index (χ3v) is 3.95. The van der Waals surface area contributed by atoms with Crippen molar-refractivity contribution in [3.05, 3.63) is 69.9 Å². The summed E-state index contributed by atoms with van der Waals surface area (Å²) in [5, 5.41) is 3.80. The summed E-state index contributed by atoms with van der Waals surface area (Å²) >= 11 is 2.20. The molecule has 3 nitrogen and oxygen atoms in total. The van der Waals surface area contributed by atoms with Gasteiger partial charge in [0.25, 0.3) is 5.91 Å². The molecule has 0 aliphatic heterocycles. The summed E-state index contributed by atoms with van der Waals surface area (Å²) in [6.45, 7) is 0. The van der Waals surface area contributed by atoms with E-state index in [0.29, 0.717) is 5.56 Å². The Labute approximate surface area is 130 Å². The lowest BCUT2D eigenvalue weighted by molar-refractivity contribution is 0.102. The second kappa shape index (κ2) is 5.58. The average molecular weight is 374 g/mol. The molecule has 0 saturated carbocycles. The largest absolute Gasteiger partial charge is 0.321 e. The predicted octanol–water partition coefficient (Wildman–Crippen LogP) is 4.09. The van der Waals surface area contributed by atoms with Crippen LogP contribution in [0.5, 0.6) is 0 Å². The number of nitrogens with zero attached hydrogens (tertiary/aromatic N) is 1. The number of benzene rings is 2. The number of halogens is 1. The molecule has 20 heavy (non-hydrogen) atoms. The van der Waals surface area contributed by atoms with Crippen molar-refractivity contribution < 1.29 is 4.79 Å². The van der Waals surface area contributed by atoms with Crippen LogP contribution in [0.25, 0.3) is 10.9 Å². The van der Waals surface area contributed by atoms with E-state index in [1.54, 1.807) is 6.20 Å². The fraction of sp³-hybridized carbons (Fsp3) is 0. The number of hydrogen-bond acceptors (Lipinski definition) is 2. The fourth-order valence-corrected chi connectivity index (χ4v) is 2.58. The van der Waals surface area contributed by atoms with Crippen LogP contribution in [0.1, 0.15) is 10.4 Å². The molecule has 0 radical (unpaired) electrons. The lowest BCUT2D eigenvalue weighted by Gasteiger charge is -2.09. The first-order valence-electron chi connectivity index (χ1n) is 6.15. The Kier molecular flexibility index (Phi) is 3.64. The summed E-state index contributed by atoms with van der Waals surface area (Å²) in [6, 6.07) is 17.0. The minimum absolute atomic E-state index is 0.118. The Bertz CT molecular complexity index is 781. The van der Waals surface area contributed by atoms with E-state index in [-0.39, 0.29) is 5.91 Å². The maximum Gasteiger partial charge on any atom is 0.256 e. The summed E-state index contributed by atoms with van der Waals surface area (Å²) in [5.74, 6) is -0.118. The second-order valence-electron chi connectivity index (χ2n) is 4.31. The lowest BCUT2D eigenvalue weighted by Crippen LogP contribution is -2.13. The molecule has 1 aromatic heterocycles. The van der Waals surface area contributed by atoms with Crippen LogP contribution in [-0.2, 0) is 0 Å². The topological polar surface area (TPSA) is 42.0 Å². The second-order valence-corrected chi connectivity index (χ2v) is 5.47. The van der Waals surface area contributed by atoms with Crippen LogP contribution in [0, 0.1) is 3.57 Å². The molecule has 98 valence electrons. The molecule has 2 aromatic carbocycles. The Morgan fingerprint density at radius 3 is 2.70 bits per heavy atom. The zero-order chi connectivity index (χ0) is 13.9. The summed E-state index contributed by atoms with van der Waals surface area (Å²) in [5.41, 5.74) is 2.28. The predicted molar refractivity (Wildman–Crippen MR) is 88.9 cm³/mol. The van der Waals surface area contributed by atoms with Gasteiger partial charge in [-0.3, -0.25) is 9.78 Å². The summed E-state index contributed by atoms with van der Waals surface area (Å²) in [6.07, 6.45) is 1.73. The molecular formula is C16H11IN2O. The van der Waals surface area contributed by atoms with Gasteiger partial charge in [0.1, 0.15) is 0 Å². The van der Waals surface area contributed by atoms with Crippen molar-refractivity contribution in [1.82, 2.24) is 4.98 Å². The van der Waals surface area contributed by atoms with E-state index >= 15 is 0 Å². The number of nitrogens with one attached hydrogen (secondary N) is 1. The first-order chi connectivity index (χ1) is 9.75. The first kappa shape index (κ1) is 13.1. The maximum absolute atomic E-state index is 12.4. The monoisotopic (exact) mass is 374 g/mol. The van der Waals surface area contributed by atoms with E-state index in [1.807, 2.05) is 54.6 Å². The standard InChI is InChI=1S/C16H11IN2O/c17-13-7-1-2-8-15(13)19-16(20)12-5-3-9-14-11(12)6-4-10-18-14/h1-10H,(H,19,20). The molecule has 0 spiro atoms. The van der Waals surface area contributed by atoms with Crippen LogP contribution in [-0.4, -0.2) is 10.9 Å². The summed E-state index contributed by atoms with van der Waals surface area (Å²) < 4.78 is 1.01. The SMILES string of the molecule is O=C(Nc1ccccc1I)c1cccc2ncccc12. The van der Waals surface area contributed by atoms with Crippen LogP contribution in [0.15, 0.2) is 60.8 Å². The Morgan fingerprint density at radius 1 is 1.00 bits per heavy atom. The molecule has 3 rings (SSSR count). The van der Waals surface area contributed by atoms with Gasteiger partial charge in [-0.15, -0.1) is 0 Å². The average Bonchev–Trinajstić information content (AvgIpc) is 2.49. The van der Waals surface area contributed by atoms with Crippen molar-refractivity contribution in [2.45, 2.75) is 0 Å². The normalized spacial score (nSPS) is 10.4. The molecule has 0 fully saturated rings. The number of fused-ring (bicyclic) bond motifs is 1. The van der Waals surface area contributed by atoms with Gasteiger partial charge in [0.15, 0.2) is 0 Å². The highest BCUT2D eigenvalue weighted by atomic mass is 127. The van der Waals surface area contributed by atoms with Crippen LogP contribution >= 0.6 is 22.6 Å². The van der Waals surface area contributed by atoms with E-state index in [0.717, 1.165) is 20.2 Å². The molecule has 1 N–H and O–H groups in total. The van der Waals surface area contributed by atoms with Gasteiger partial charge in [0, 0.05) is 20.7 Å². The minimum atomic E-state index is -0.118. The first-order valence-corrected chi connectivity index (χ1v) is 7.23. The molecule has 3 aromatic rings. The molecule has 1 amide bonds. The van der Waals surface area contributed by atoms with Crippen molar-refractivity contribution >= 4 is 45.1 Å². The Balaban J connectivity index is 1.99. The molecule has 0 saturated heterocycles. The van der Waals surface area contributed by atoms with E-state index in [9.17, 15) is 4.79 Å². The highest BCUT2D eigenvalue weighted by molar-refractivity contribution is 14.1. The summed E-state index contributed by atoms with van der Waals surface area (Å²) in [7, 11) is 0. The van der Waals surface area contributed by atoms with Crippen LogP contribution < -0.4 is 5.32 Å². The number of hydrogen-bond donors (Lipinski definition) is 1. The third kappa shape index (κ3) is 2.51. The molecule has 0 aliphatic carbocycles. The van der Waals surface area contributed by atoms with Gasteiger partial charge >= 0.3 is 0 Å². The summed E-state index contributed by atoms with van der Waals surface area (Å²) in [4.78, 5) is 16.7. The number of aromatic nitrogens is 1. The highest BCUT2D eigenvalue weighted by Crippen LogP contribution is 2.21. The molecule has 0 atom stereocenters. The molecular weight excluding hydrogens is 363 g/mol. The van der Waals surface area contributed by atoms with E-state index < -0.39 is 0 Å². The van der Waals surface area contributed by atoms with Gasteiger partial charge in [-0.25, -0.2) is 0 Å². The van der Waals surface area contributed by atoms with Gasteiger partial charge in [0.05, 0.1) is 11.2 Å². The van der Waals surface area contributed by atoms with Crippen LogP contribution in [0.3, 0.4) is 0 Å².